The molecule has 1 nitrogen and oxygen atoms in total. The molecule has 0 spiro atoms. The highest BCUT2D eigenvalue weighted by atomic mass is 16.5. The largest absolute Gasteiger partial charge is 0.378 e. The van der Waals surface area contributed by atoms with Crippen molar-refractivity contribution in [3.05, 3.63) is 0 Å². The first-order valence-electron chi connectivity index (χ1n) is 3.49. The third kappa shape index (κ3) is 0.455. The molecule has 0 amide bonds. The van der Waals surface area contributed by atoms with Gasteiger partial charge in [-0.05, 0) is 24.7 Å². The molecule has 0 aromatic rings. The Balaban J connectivity index is 2.02. The van der Waals surface area contributed by atoms with Crippen LogP contribution in [0.4, 0.5) is 0 Å². The van der Waals surface area contributed by atoms with Gasteiger partial charge in [-0.3, -0.25) is 0 Å². The van der Waals surface area contributed by atoms with E-state index in [0.29, 0.717) is 6.10 Å². The number of hydrogen-bond donors (Lipinski definition) is 0. The van der Waals surface area contributed by atoms with Gasteiger partial charge in [0.15, 0.2) is 0 Å². The Kier molecular flexibility index (Phi) is 0.884. The first-order valence-corrected chi connectivity index (χ1v) is 3.49. The predicted octanol–water partition coefficient (Wildman–Crippen LogP) is 1.43. The van der Waals surface area contributed by atoms with E-state index in [0.717, 1.165) is 18.4 Å². The Morgan fingerprint density at radius 2 is 2.38 bits per heavy atom. The number of rotatable bonds is 0. The lowest BCUT2D eigenvalue weighted by Crippen LogP contribution is -2.36. The van der Waals surface area contributed by atoms with Crippen LogP contribution in [0.1, 0.15) is 19.8 Å². The Hall–Kier alpha value is -0.0400. The maximum Gasteiger partial charge on any atom is 0.0629 e. The molecule has 1 aliphatic carbocycles. The summed E-state index contributed by atoms with van der Waals surface area (Å²) in [5.74, 6) is 1.81. The molecule has 0 radical (unpaired) electrons. The molecule has 0 unspecified atom stereocenters. The van der Waals surface area contributed by atoms with Crippen LogP contribution < -0.4 is 0 Å². The second kappa shape index (κ2) is 1.47. The summed E-state index contributed by atoms with van der Waals surface area (Å²) in [6.45, 7) is 3.31. The molecule has 8 heavy (non-hydrogen) atoms. The number of ether oxygens (including phenoxy) is 1. The van der Waals surface area contributed by atoms with Crippen LogP contribution in [0.3, 0.4) is 0 Å². The monoisotopic (exact) mass is 112 g/mol. The summed E-state index contributed by atoms with van der Waals surface area (Å²) in [5.41, 5.74) is 0. The van der Waals surface area contributed by atoms with Crippen molar-refractivity contribution >= 4 is 0 Å². The highest BCUT2D eigenvalue weighted by Gasteiger charge is 2.42. The molecular weight excluding hydrogens is 100 g/mol. The van der Waals surface area contributed by atoms with Crippen LogP contribution in [0.15, 0.2) is 0 Å². The van der Waals surface area contributed by atoms with Crippen LogP contribution >= 0.6 is 0 Å². The molecule has 1 saturated carbocycles. The molecule has 0 aromatic carbocycles. The first-order chi connectivity index (χ1) is 3.88. The summed E-state index contributed by atoms with van der Waals surface area (Å²) in [7, 11) is 0. The Bertz CT molecular complexity index is 101. The maximum atomic E-state index is 5.46. The molecule has 0 bridgehead atoms. The lowest BCUT2D eigenvalue weighted by atomic mass is 9.73. The van der Waals surface area contributed by atoms with Crippen molar-refractivity contribution in [1.29, 1.82) is 0 Å². The number of fused-ring (bicyclic) bond motifs is 1. The normalized spacial score (nSPS) is 52.9. The van der Waals surface area contributed by atoms with Crippen LogP contribution in [-0.4, -0.2) is 12.7 Å². The van der Waals surface area contributed by atoms with Gasteiger partial charge in [-0.25, -0.2) is 0 Å². The second-order valence-corrected chi connectivity index (χ2v) is 3.10. The van der Waals surface area contributed by atoms with Gasteiger partial charge in [0.05, 0.1) is 6.10 Å². The zero-order chi connectivity index (χ0) is 5.56. The van der Waals surface area contributed by atoms with E-state index in [2.05, 4.69) is 6.92 Å². The highest BCUT2D eigenvalue weighted by molar-refractivity contribution is 4.91. The highest BCUT2D eigenvalue weighted by Crippen LogP contribution is 2.42. The molecule has 1 heterocycles. The third-order valence-electron chi connectivity index (χ3n) is 2.50. The molecule has 3 atom stereocenters. The van der Waals surface area contributed by atoms with Crippen molar-refractivity contribution in [3.8, 4) is 0 Å². The quantitative estimate of drug-likeness (QED) is 0.460. The zero-order valence-electron chi connectivity index (χ0n) is 5.26. The van der Waals surface area contributed by atoms with Crippen LogP contribution in [0.2, 0.25) is 0 Å². The minimum Gasteiger partial charge on any atom is -0.378 e. The smallest absolute Gasteiger partial charge is 0.0629 e. The average molecular weight is 112 g/mol. The van der Waals surface area contributed by atoms with Crippen molar-refractivity contribution in [2.45, 2.75) is 25.9 Å². The van der Waals surface area contributed by atoms with Crippen molar-refractivity contribution < 1.29 is 4.74 Å². The van der Waals surface area contributed by atoms with E-state index in [1.165, 1.54) is 12.8 Å². The van der Waals surface area contributed by atoms with Crippen molar-refractivity contribution in [3.63, 3.8) is 0 Å². The van der Waals surface area contributed by atoms with Crippen LogP contribution in [0.5, 0.6) is 0 Å². The van der Waals surface area contributed by atoms with Crippen molar-refractivity contribution in [2.75, 3.05) is 6.61 Å². The van der Waals surface area contributed by atoms with E-state index in [1.54, 1.807) is 0 Å². The van der Waals surface area contributed by atoms with E-state index < -0.39 is 0 Å². The Morgan fingerprint density at radius 1 is 1.50 bits per heavy atom. The van der Waals surface area contributed by atoms with E-state index in [4.69, 9.17) is 4.74 Å². The first kappa shape index (κ1) is 4.80. The van der Waals surface area contributed by atoms with Gasteiger partial charge in [0.1, 0.15) is 0 Å². The van der Waals surface area contributed by atoms with Gasteiger partial charge in [-0.1, -0.05) is 6.92 Å². The summed E-state index contributed by atoms with van der Waals surface area (Å²) in [6, 6.07) is 0. The standard InChI is InChI=1S/C7H12O/c1-5-4-6-2-3-8-7(5)6/h5-7H,2-4H2,1H3/t5-,6+,7-/m1/s1. The van der Waals surface area contributed by atoms with E-state index in [1.807, 2.05) is 0 Å². The molecule has 2 aliphatic rings. The third-order valence-corrected chi connectivity index (χ3v) is 2.50. The van der Waals surface area contributed by atoms with Gasteiger partial charge in [0.25, 0.3) is 0 Å². The summed E-state index contributed by atoms with van der Waals surface area (Å²) in [5, 5.41) is 0. The summed E-state index contributed by atoms with van der Waals surface area (Å²) >= 11 is 0. The summed E-state index contributed by atoms with van der Waals surface area (Å²) in [6.07, 6.45) is 3.41. The molecule has 2 fully saturated rings. The second-order valence-electron chi connectivity index (χ2n) is 3.10. The van der Waals surface area contributed by atoms with Crippen LogP contribution in [0, 0.1) is 11.8 Å². The van der Waals surface area contributed by atoms with E-state index >= 15 is 0 Å². The summed E-state index contributed by atoms with van der Waals surface area (Å²) in [4.78, 5) is 0. The van der Waals surface area contributed by atoms with Gasteiger partial charge in [-0.15, -0.1) is 0 Å². The molecule has 46 valence electrons. The molecule has 2 rings (SSSR count). The minimum absolute atomic E-state index is 0.662. The van der Waals surface area contributed by atoms with E-state index in [9.17, 15) is 0 Å². The lowest BCUT2D eigenvalue weighted by Gasteiger charge is -2.36. The van der Waals surface area contributed by atoms with E-state index in [-0.39, 0.29) is 0 Å². The van der Waals surface area contributed by atoms with Gasteiger partial charge in [0.2, 0.25) is 0 Å². The average Bonchev–Trinajstić information content (AvgIpc) is 2.09. The number of hydrogen-bond acceptors (Lipinski definition) is 1. The molecular formula is C7H12O. The molecule has 1 heteroatoms. The van der Waals surface area contributed by atoms with Crippen LogP contribution in [-0.2, 0) is 4.74 Å². The van der Waals surface area contributed by atoms with Crippen LogP contribution in [0.25, 0.3) is 0 Å². The predicted molar refractivity (Wildman–Crippen MR) is 31.6 cm³/mol. The van der Waals surface area contributed by atoms with Gasteiger partial charge >= 0.3 is 0 Å². The topological polar surface area (TPSA) is 9.23 Å². The fraction of sp³-hybridized carbons (Fsp3) is 1.00. The van der Waals surface area contributed by atoms with Crippen molar-refractivity contribution in [2.24, 2.45) is 11.8 Å². The molecule has 1 saturated heterocycles. The van der Waals surface area contributed by atoms with Gasteiger partial charge < -0.3 is 4.74 Å². The summed E-state index contributed by atoms with van der Waals surface area (Å²) < 4.78 is 5.46. The van der Waals surface area contributed by atoms with Gasteiger partial charge in [-0.2, -0.15) is 0 Å². The maximum absolute atomic E-state index is 5.46. The van der Waals surface area contributed by atoms with Gasteiger partial charge in [0, 0.05) is 6.61 Å². The Labute approximate surface area is 50.0 Å². The fourth-order valence-electron chi connectivity index (χ4n) is 1.95. The molecule has 1 aliphatic heterocycles. The Morgan fingerprint density at radius 3 is 2.88 bits per heavy atom. The minimum atomic E-state index is 0.662. The lowest BCUT2D eigenvalue weighted by molar-refractivity contribution is -0.0170. The molecule has 0 N–H and O–H groups in total. The van der Waals surface area contributed by atoms with Crippen molar-refractivity contribution in [1.82, 2.24) is 0 Å². The fourth-order valence-corrected chi connectivity index (χ4v) is 1.95. The zero-order valence-corrected chi connectivity index (χ0v) is 5.26. The SMILES string of the molecule is C[C@@H]1C[C@@H]2CCO[C@@H]21. The molecule has 0 aromatic heterocycles.